The smallest absolute Gasteiger partial charge is 0.251 e. The van der Waals surface area contributed by atoms with E-state index in [0.29, 0.717) is 10.5 Å². The molecule has 0 radical (unpaired) electrons. The van der Waals surface area contributed by atoms with Crippen LogP contribution in [0.4, 0.5) is 5.69 Å². The van der Waals surface area contributed by atoms with Crippen LogP contribution in [0, 0.1) is 0 Å². The van der Waals surface area contributed by atoms with Gasteiger partial charge < -0.3 is 10.6 Å². The van der Waals surface area contributed by atoms with Crippen LogP contribution in [0.5, 0.6) is 0 Å². The van der Waals surface area contributed by atoms with Gasteiger partial charge >= 0.3 is 0 Å². The Hall–Kier alpha value is -1.91. The summed E-state index contributed by atoms with van der Waals surface area (Å²) in [5, 5.41) is 7.50. The number of nitrogens with one attached hydrogen (secondary N) is 2. The second-order valence-corrected chi connectivity index (χ2v) is 5.19. The van der Waals surface area contributed by atoms with Gasteiger partial charge in [0, 0.05) is 30.2 Å². The normalized spacial score (nSPS) is 14.0. The molecular weight excluding hydrogens is 274 g/mol. The Morgan fingerprint density at radius 2 is 2.15 bits per heavy atom. The summed E-state index contributed by atoms with van der Waals surface area (Å²) in [7, 11) is 0. The monoisotopic (exact) mass is 287 g/mol. The molecule has 1 aliphatic rings. The Labute approximate surface area is 121 Å². The van der Waals surface area contributed by atoms with Crippen molar-refractivity contribution in [3.8, 4) is 0 Å². The van der Waals surface area contributed by atoms with E-state index < -0.39 is 0 Å². The van der Waals surface area contributed by atoms with Crippen LogP contribution in [0.2, 0.25) is 5.02 Å². The molecular formula is C15H14ClN3O. The first-order valence-corrected chi connectivity index (χ1v) is 6.78. The molecule has 4 nitrogen and oxygen atoms in total. The Kier molecular flexibility index (Phi) is 3.42. The van der Waals surface area contributed by atoms with Crippen LogP contribution in [0.15, 0.2) is 41.6 Å². The summed E-state index contributed by atoms with van der Waals surface area (Å²) in [6, 6.07) is 7.29. The van der Waals surface area contributed by atoms with E-state index in [-0.39, 0.29) is 5.91 Å². The van der Waals surface area contributed by atoms with E-state index in [2.05, 4.69) is 15.6 Å². The van der Waals surface area contributed by atoms with Gasteiger partial charge in [-0.05, 0) is 36.8 Å². The molecule has 3 rings (SSSR count). The number of amides is 1. The second kappa shape index (κ2) is 5.23. The number of nitrogens with zero attached hydrogens (tertiary/aromatic N) is 1. The van der Waals surface area contributed by atoms with Crippen molar-refractivity contribution in [2.24, 2.45) is 0 Å². The van der Waals surface area contributed by atoms with Gasteiger partial charge in [0.2, 0.25) is 0 Å². The SMILES string of the molecule is CC(C(=O)Nc1ccc(Cl)c2ncccc12)=C1CNC1. The minimum atomic E-state index is -0.0750. The average Bonchev–Trinajstić information content (AvgIpc) is 2.40. The fraction of sp³-hybridized carbons (Fsp3) is 0.200. The van der Waals surface area contributed by atoms with Gasteiger partial charge in [-0.15, -0.1) is 0 Å². The van der Waals surface area contributed by atoms with Gasteiger partial charge in [0.15, 0.2) is 0 Å². The predicted octanol–water partition coefficient (Wildman–Crippen LogP) is 2.75. The van der Waals surface area contributed by atoms with Gasteiger partial charge in [-0.3, -0.25) is 9.78 Å². The number of pyridine rings is 1. The highest BCUT2D eigenvalue weighted by Gasteiger charge is 2.17. The third kappa shape index (κ3) is 2.28. The molecule has 1 amide bonds. The van der Waals surface area contributed by atoms with Gasteiger partial charge in [-0.1, -0.05) is 11.6 Å². The minimum absolute atomic E-state index is 0.0750. The quantitative estimate of drug-likeness (QED) is 0.835. The maximum absolute atomic E-state index is 12.2. The van der Waals surface area contributed by atoms with E-state index in [1.165, 1.54) is 0 Å². The van der Waals surface area contributed by atoms with Crippen LogP contribution >= 0.6 is 11.6 Å². The Bertz CT molecular complexity index is 718. The molecule has 1 aromatic heterocycles. The number of hydrogen-bond donors (Lipinski definition) is 2. The van der Waals surface area contributed by atoms with E-state index in [0.717, 1.165) is 35.3 Å². The zero-order valence-electron chi connectivity index (χ0n) is 11.0. The predicted molar refractivity (Wildman–Crippen MR) is 81.0 cm³/mol. The van der Waals surface area contributed by atoms with E-state index in [1.807, 2.05) is 19.1 Å². The maximum Gasteiger partial charge on any atom is 0.251 e. The molecule has 1 aliphatic heterocycles. The van der Waals surface area contributed by atoms with Crippen molar-refractivity contribution in [3.05, 3.63) is 46.6 Å². The highest BCUT2D eigenvalue weighted by Crippen LogP contribution is 2.28. The third-order valence-electron chi connectivity index (χ3n) is 3.52. The summed E-state index contributed by atoms with van der Waals surface area (Å²) in [6.45, 7) is 3.44. The molecule has 1 aromatic carbocycles. The summed E-state index contributed by atoms with van der Waals surface area (Å²) in [5.74, 6) is -0.0750. The van der Waals surface area contributed by atoms with Crippen molar-refractivity contribution in [3.63, 3.8) is 0 Å². The first kappa shape index (κ1) is 13.1. The van der Waals surface area contributed by atoms with Gasteiger partial charge in [0.1, 0.15) is 0 Å². The lowest BCUT2D eigenvalue weighted by Crippen LogP contribution is -2.36. The van der Waals surface area contributed by atoms with Crippen LogP contribution in [0.25, 0.3) is 10.9 Å². The van der Waals surface area contributed by atoms with Crippen LogP contribution in [0.1, 0.15) is 6.92 Å². The van der Waals surface area contributed by atoms with E-state index in [1.54, 1.807) is 18.3 Å². The van der Waals surface area contributed by atoms with Crippen LogP contribution in [-0.2, 0) is 4.79 Å². The molecule has 0 saturated carbocycles. The van der Waals surface area contributed by atoms with Crippen LogP contribution < -0.4 is 10.6 Å². The fourth-order valence-corrected chi connectivity index (χ4v) is 2.35. The maximum atomic E-state index is 12.2. The number of carbonyl (C=O) groups excluding carboxylic acids is 1. The van der Waals surface area contributed by atoms with Crippen molar-refractivity contribution in [2.75, 3.05) is 18.4 Å². The summed E-state index contributed by atoms with van der Waals surface area (Å²) in [5.41, 5.74) is 3.35. The first-order chi connectivity index (χ1) is 9.66. The summed E-state index contributed by atoms with van der Waals surface area (Å²) in [4.78, 5) is 16.5. The number of hydrogen-bond acceptors (Lipinski definition) is 3. The zero-order valence-corrected chi connectivity index (χ0v) is 11.8. The lowest BCUT2D eigenvalue weighted by atomic mass is 10.0. The van der Waals surface area contributed by atoms with Crippen molar-refractivity contribution in [1.82, 2.24) is 10.3 Å². The largest absolute Gasteiger partial charge is 0.322 e. The molecule has 0 spiro atoms. The molecule has 0 bridgehead atoms. The first-order valence-electron chi connectivity index (χ1n) is 6.41. The number of carbonyl (C=O) groups is 1. The second-order valence-electron chi connectivity index (χ2n) is 4.78. The summed E-state index contributed by atoms with van der Waals surface area (Å²) < 4.78 is 0. The van der Waals surface area contributed by atoms with Crippen molar-refractivity contribution in [2.45, 2.75) is 6.92 Å². The van der Waals surface area contributed by atoms with E-state index >= 15 is 0 Å². The standard InChI is InChI=1S/C15H14ClN3O/c1-9(10-7-17-8-10)15(20)19-13-5-4-12(16)14-11(13)3-2-6-18-14/h2-6,17H,7-8H2,1H3,(H,19,20). The lowest BCUT2D eigenvalue weighted by molar-refractivity contribution is -0.112. The summed E-state index contributed by atoms with van der Waals surface area (Å²) in [6.07, 6.45) is 1.69. The molecule has 20 heavy (non-hydrogen) atoms. The zero-order chi connectivity index (χ0) is 14.1. The minimum Gasteiger partial charge on any atom is -0.322 e. The van der Waals surface area contributed by atoms with Crippen molar-refractivity contribution >= 4 is 34.1 Å². The van der Waals surface area contributed by atoms with Crippen LogP contribution in [0.3, 0.4) is 0 Å². The highest BCUT2D eigenvalue weighted by atomic mass is 35.5. The topological polar surface area (TPSA) is 54.0 Å². The third-order valence-corrected chi connectivity index (χ3v) is 3.82. The molecule has 102 valence electrons. The van der Waals surface area contributed by atoms with Crippen molar-refractivity contribution < 1.29 is 4.79 Å². The molecule has 2 heterocycles. The lowest BCUT2D eigenvalue weighted by Gasteiger charge is -2.21. The fourth-order valence-electron chi connectivity index (χ4n) is 2.14. The molecule has 0 atom stereocenters. The van der Waals surface area contributed by atoms with Gasteiger partial charge in [0.05, 0.1) is 16.2 Å². The number of benzene rings is 1. The molecule has 0 aliphatic carbocycles. The number of aromatic nitrogens is 1. The number of anilines is 1. The average molecular weight is 288 g/mol. The molecule has 2 aromatic rings. The number of halogens is 1. The van der Waals surface area contributed by atoms with Crippen molar-refractivity contribution in [1.29, 1.82) is 0 Å². The number of rotatable bonds is 2. The molecule has 2 N–H and O–H groups in total. The highest BCUT2D eigenvalue weighted by molar-refractivity contribution is 6.35. The molecule has 0 unspecified atom stereocenters. The molecule has 1 saturated heterocycles. The Morgan fingerprint density at radius 1 is 1.35 bits per heavy atom. The van der Waals surface area contributed by atoms with Gasteiger partial charge in [-0.25, -0.2) is 0 Å². The molecule has 5 heteroatoms. The molecule has 1 fully saturated rings. The van der Waals surface area contributed by atoms with E-state index in [9.17, 15) is 4.79 Å². The Balaban J connectivity index is 1.95. The summed E-state index contributed by atoms with van der Waals surface area (Å²) >= 11 is 6.12. The van der Waals surface area contributed by atoms with Gasteiger partial charge in [0.25, 0.3) is 5.91 Å². The van der Waals surface area contributed by atoms with Gasteiger partial charge in [-0.2, -0.15) is 0 Å². The Morgan fingerprint density at radius 3 is 2.85 bits per heavy atom. The van der Waals surface area contributed by atoms with E-state index in [4.69, 9.17) is 11.6 Å². The van der Waals surface area contributed by atoms with Crippen LogP contribution in [-0.4, -0.2) is 24.0 Å². The number of fused-ring (bicyclic) bond motifs is 1.